The van der Waals surface area contributed by atoms with Crippen molar-refractivity contribution in [1.29, 1.82) is 0 Å². The number of hydrogen-bond acceptors (Lipinski definition) is 5. The fraction of sp³-hybridized carbons (Fsp3) is 0.500. The van der Waals surface area contributed by atoms with Gasteiger partial charge in [0.2, 0.25) is 11.8 Å². The van der Waals surface area contributed by atoms with Gasteiger partial charge in [0, 0.05) is 11.5 Å². The van der Waals surface area contributed by atoms with Crippen molar-refractivity contribution >= 4 is 11.9 Å². The smallest absolute Gasteiger partial charge is 0.325 e. The molecule has 2 N–H and O–H groups in total. The van der Waals surface area contributed by atoms with E-state index < -0.39 is 12.0 Å². The molecule has 3 rings (SSSR count). The summed E-state index contributed by atoms with van der Waals surface area (Å²) in [6.45, 7) is 5.69. The van der Waals surface area contributed by atoms with Gasteiger partial charge in [0.15, 0.2) is 0 Å². The summed E-state index contributed by atoms with van der Waals surface area (Å²) in [5, 5.41) is 11.5. The standard InChI is InChI=1S/C22H28N2O5/c1-13-7-9-16(10-8-13)21-24-19(15(3)29-21)12-28-18-6-4-5-17(11-18)20(25)23-14(2)22(26)27/h7-10,14,17-18H,4-6,11-12H2,1-3H3,(H,23,25)(H,26,27)/t14-,17+,18-/m0/s1. The van der Waals surface area contributed by atoms with Crippen molar-refractivity contribution in [3.63, 3.8) is 0 Å². The number of carbonyl (C=O) groups excluding carboxylic acids is 1. The van der Waals surface area contributed by atoms with E-state index >= 15 is 0 Å². The lowest BCUT2D eigenvalue weighted by Gasteiger charge is -2.28. The Kier molecular flexibility index (Phi) is 6.69. The number of carbonyl (C=O) groups is 2. The maximum absolute atomic E-state index is 12.3. The molecule has 0 saturated heterocycles. The Morgan fingerprint density at radius 1 is 1.28 bits per heavy atom. The highest BCUT2D eigenvalue weighted by Gasteiger charge is 2.29. The summed E-state index contributed by atoms with van der Waals surface area (Å²) in [7, 11) is 0. The lowest BCUT2D eigenvalue weighted by molar-refractivity contribution is -0.142. The van der Waals surface area contributed by atoms with E-state index in [2.05, 4.69) is 10.3 Å². The summed E-state index contributed by atoms with van der Waals surface area (Å²) in [6.07, 6.45) is 3.02. The van der Waals surface area contributed by atoms with Gasteiger partial charge in [-0.05, 0) is 52.2 Å². The van der Waals surface area contributed by atoms with Crippen LogP contribution in [0.4, 0.5) is 0 Å². The Hall–Kier alpha value is -2.67. The average Bonchev–Trinajstić information content (AvgIpc) is 3.07. The van der Waals surface area contributed by atoms with Crippen molar-refractivity contribution in [3.05, 3.63) is 41.3 Å². The highest BCUT2D eigenvalue weighted by atomic mass is 16.5. The Bertz CT molecular complexity index is 859. The van der Waals surface area contributed by atoms with Gasteiger partial charge in [-0.1, -0.05) is 24.1 Å². The third-order valence-corrected chi connectivity index (χ3v) is 5.37. The first-order valence-corrected chi connectivity index (χ1v) is 10.0. The molecule has 7 nitrogen and oxygen atoms in total. The minimum atomic E-state index is -1.03. The van der Waals surface area contributed by atoms with Crippen LogP contribution in [0.25, 0.3) is 11.5 Å². The summed E-state index contributed by atoms with van der Waals surface area (Å²) >= 11 is 0. The van der Waals surface area contributed by atoms with Gasteiger partial charge in [0.1, 0.15) is 17.5 Å². The molecule has 1 aliphatic carbocycles. The van der Waals surface area contributed by atoms with Gasteiger partial charge < -0.3 is 19.6 Å². The number of aryl methyl sites for hydroxylation is 2. The maximum atomic E-state index is 12.3. The van der Waals surface area contributed by atoms with Crippen molar-refractivity contribution in [2.45, 2.75) is 65.2 Å². The molecule has 1 aromatic carbocycles. The summed E-state index contributed by atoms with van der Waals surface area (Å²) < 4.78 is 11.8. The second-order valence-electron chi connectivity index (χ2n) is 7.75. The van der Waals surface area contributed by atoms with E-state index in [4.69, 9.17) is 14.3 Å². The van der Waals surface area contributed by atoms with Crippen LogP contribution in [0.15, 0.2) is 28.7 Å². The molecule has 0 aliphatic heterocycles. The van der Waals surface area contributed by atoms with E-state index in [-0.39, 0.29) is 17.9 Å². The predicted octanol–water partition coefficient (Wildman–Crippen LogP) is 3.62. The molecule has 0 bridgehead atoms. The van der Waals surface area contributed by atoms with E-state index in [1.807, 2.05) is 38.1 Å². The lowest BCUT2D eigenvalue weighted by Crippen LogP contribution is -2.43. The number of hydrogen-bond donors (Lipinski definition) is 2. The summed E-state index contributed by atoms with van der Waals surface area (Å²) in [5.74, 6) is -0.178. The third-order valence-electron chi connectivity index (χ3n) is 5.37. The van der Waals surface area contributed by atoms with Crippen molar-refractivity contribution in [3.8, 4) is 11.5 Å². The monoisotopic (exact) mass is 400 g/mol. The van der Waals surface area contributed by atoms with Gasteiger partial charge in [0.05, 0.1) is 12.7 Å². The summed E-state index contributed by atoms with van der Waals surface area (Å²) in [4.78, 5) is 27.8. The number of nitrogens with one attached hydrogen (secondary N) is 1. The van der Waals surface area contributed by atoms with Gasteiger partial charge in [-0.25, -0.2) is 4.98 Å². The van der Waals surface area contributed by atoms with E-state index in [0.717, 1.165) is 36.3 Å². The fourth-order valence-electron chi connectivity index (χ4n) is 3.51. The molecule has 1 saturated carbocycles. The SMILES string of the molecule is Cc1ccc(-c2nc(CO[C@H]3CCC[C@@H](C(=O)N[C@@H](C)C(=O)O)C3)c(C)o2)cc1. The van der Waals surface area contributed by atoms with Crippen LogP contribution in [0.5, 0.6) is 0 Å². The Labute approximate surface area is 170 Å². The summed E-state index contributed by atoms with van der Waals surface area (Å²) in [6, 6.07) is 7.11. The molecule has 156 valence electrons. The number of oxazole rings is 1. The van der Waals surface area contributed by atoms with Gasteiger partial charge in [0.25, 0.3) is 0 Å². The molecule has 1 aliphatic rings. The van der Waals surface area contributed by atoms with E-state index in [1.165, 1.54) is 12.5 Å². The predicted molar refractivity (Wildman–Crippen MR) is 107 cm³/mol. The molecule has 1 heterocycles. The third kappa shape index (κ3) is 5.44. The quantitative estimate of drug-likeness (QED) is 0.736. The lowest BCUT2D eigenvalue weighted by atomic mass is 9.86. The van der Waals surface area contributed by atoms with E-state index in [1.54, 1.807) is 0 Å². The number of carboxylic acid groups (broad SMARTS) is 1. The van der Waals surface area contributed by atoms with Crippen LogP contribution < -0.4 is 5.32 Å². The van der Waals surface area contributed by atoms with Gasteiger partial charge in [-0.2, -0.15) is 0 Å². The highest BCUT2D eigenvalue weighted by molar-refractivity contribution is 5.84. The van der Waals surface area contributed by atoms with Crippen LogP contribution >= 0.6 is 0 Å². The zero-order valence-corrected chi connectivity index (χ0v) is 17.1. The number of rotatable bonds is 7. The van der Waals surface area contributed by atoms with Crippen molar-refractivity contribution in [2.24, 2.45) is 5.92 Å². The minimum absolute atomic E-state index is 0.0569. The van der Waals surface area contributed by atoms with E-state index in [9.17, 15) is 9.59 Å². The Morgan fingerprint density at radius 2 is 2.00 bits per heavy atom. The van der Waals surface area contributed by atoms with Gasteiger partial charge in [-0.3, -0.25) is 9.59 Å². The fourth-order valence-corrected chi connectivity index (χ4v) is 3.51. The van der Waals surface area contributed by atoms with E-state index in [0.29, 0.717) is 18.9 Å². The van der Waals surface area contributed by atoms with Crippen LogP contribution in [0.2, 0.25) is 0 Å². The van der Waals surface area contributed by atoms with Crippen LogP contribution in [-0.2, 0) is 20.9 Å². The first-order valence-electron chi connectivity index (χ1n) is 10.0. The van der Waals surface area contributed by atoms with Crippen molar-refractivity contribution < 1.29 is 23.8 Å². The molecule has 2 aromatic rings. The first kappa shape index (κ1) is 21.0. The highest BCUT2D eigenvalue weighted by Crippen LogP contribution is 2.28. The second-order valence-corrected chi connectivity index (χ2v) is 7.75. The van der Waals surface area contributed by atoms with Crippen LogP contribution in [-0.4, -0.2) is 34.1 Å². The number of benzene rings is 1. The number of aromatic nitrogens is 1. The maximum Gasteiger partial charge on any atom is 0.325 e. The number of nitrogens with zero attached hydrogens (tertiary/aromatic N) is 1. The topological polar surface area (TPSA) is 102 Å². The molecule has 1 amide bonds. The largest absolute Gasteiger partial charge is 0.480 e. The van der Waals surface area contributed by atoms with Gasteiger partial charge in [-0.15, -0.1) is 0 Å². The molecule has 0 unspecified atom stereocenters. The molecule has 1 aromatic heterocycles. The average molecular weight is 400 g/mol. The van der Waals surface area contributed by atoms with Crippen LogP contribution in [0, 0.1) is 19.8 Å². The number of amides is 1. The van der Waals surface area contributed by atoms with Gasteiger partial charge >= 0.3 is 5.97 Å². The zero-order chi connectivity index (χ0) is 21.0. The molecule has 3 atom stereocenters. The number of carboxylic acids is 1. The Balaban J connectivity index is 1.56. The first-order chi connectivity index (χ1) is 13.8. The normalized spacial score (nSPS) is 20.2. The number of ether oxygens (including phenoxy) is 1. The van der Waals surface area contributed by atoms with Crippen molar-refractivity contribution in [2.75, 3.05) is 0 Å². The molecule has 0 radical (unpaired) electrons. The van der Waals surface area contributed by atoms with Crippen molar-refractivity contribution in [1.82, 2.24) is 10.3 Å². The zero-order valence-electron chi connectivity index (χ0n) is 17.1. The molecule has 29 heavy (non-hydrogen) atoms. The molecule has 7 heteroatoms. The molecular formula is C22H28N2O5. The second kappa shape index (κ2) is 9.22. The van der Waals surface area contributed by atoms with Crippen LogP contribution in [0.1, 0.15) is 49.6 Å². The Morgan fingerprint density at radius 3 is 2.69 bits per heavy atom. The number of aliphatic carboxylic acids is 1. The molecule has 0 spiro atoms. The molecular weight excluding hydrogens is 372 g/mol. The minimum Gasteiger partial charge on any atom is -0.480 e. The molecule has 1 fully saturated rings. The van der Waals surface area contributed by atoms with Crippen LogP contribution in [0.3, 0.4) is 0 Å². The summed E-state index contributed by atoms with van der Waals surface area (Å²) in [5.41, 5.74) is 2.85.